The molecule has 2 fully saturated rings. The van der Waals surface area contributed by atoms with Gasteiger partial charge in [-0.05, 0) is 80.6 Å². The Bertz CT molecular complexity index is 1240. The molecular formula is C29H31N3O3. The van der Waals surface area contributed by atoms with Gasteiger partial charge in [-0.25, -0.2) is 0 Å². The summed E-state index contributed by atoms with van der Waals surface area (Å²) in [5, 5.41) is 0. The van der Waals surface area contributed by atoms with Gasteiger partial charge in [0, 0.05) is 54.6 Å². The molecule has 2 saturated heterocycles. The molecule has 2 aromatic heterocycles. The van der Waals surface area contributed by atoms with E-state index < -0.39 is 0 Å². The lowest BCUT2D eigenvalue weighted by Crippen LogP contribution is -2.48. The number of carbonyl (C=O) groups is 2. The summed E-state index contributed by atoms with van der Waals surface area (Å²) in [7, 11) is 0. The van der Waals surface area contributed by atoms with Gasteiger partial charge in [-0.1, -0.05) is 18.6 Å². The molecule has 0 atom stereocenters. The van der Waals surface area contributed by atoms with Crippen LogP contribution in [-0.4, -0.2) is 58.7 Å². The highest BCUT2D eigenvalue weighted by Crippen LogP contribution is 2.37. The number of rotatable bonds is 4. The Labute approximate surface area is 205 Å². The largest absolute Gasteiger partial charge is 0.450 e. The quantitative estimate of drug-likeness (QED) is 0.524. The molecule has 2 aliphatic heterocycles. The number of piperidine rings is 2. The van der Waals surface area contributed by atoms with E-state index in [0.717, 1.165) is 60.2 Å². The van der Waals surface area contributed by atoms with Crippen LogP contribution in [0.4, 0.5) is 0 Å². The normalized spacial score (nSPS) is 19.2. The highest BCUT2D eigenvalue weighted by Gasteiger charge is 2.30. The van der Waals surface area contributed by atoms with Crippen LogP contribution in [0.2, 0.25) is 0 Å². The van der Waals surface area contributed by atoms with Gasteiger partial charge >= 0.3 is 0 Å². The second-order valence-corrected chi connectivity index (χ2v) is 10.0. The standard InChI is InChI=1S/C29H31N3O3/c33-26-7-5-21-18-22(4-6-24(21)26)28-25(20-8-12-30-13-9-20)19-27(35-28)29(34)32-16-10-23(11-17-32)31-14-2-1-3-15-31/h4,6,8-9,12-13,18-19,23H,1-3,5,7,10-11,14-17H2. The van der Waals surface area contributed by atoms with Crippen LogP contribution >= 0.6 is 0 Å². The van der Waals surface area contributed by atoms with Crippen LogP contribution in [0, 0.1) is 0 Å². The van der Waals surface area contributed by atoms with Crippen LogP contribution in [-0.2, 0) is 6.42 Å². The molecule has 3 aliphatic rings. The molecule has 6 nitrogen and oxygen atoms in total. The van der Waals surface area contributed by atoms with Crippen molar-refractivity contribution in [1.29, 1.82) is 0 Å². The van der Waals surface area contributed by atoms with Crippen molar-refractivity contribution in [2.24, 2.45) is 0 Å². The van der Waals surface area contributed by atoms with E-state index in [1.54, 1.807) is 12.4 Å². The maximum atomic E-state index is 13.5. The first-order valence-corrected chi connectivity index (χ1v) is 12.9. The summed E-state index contributed by atoms with van der Waals surface area (Å²) >= 11 is 0. The zero-order valence-electron chi connectivity index (χ0n) is 20.0. The fourth-order valence-corrected chi connectivity index (χ4v) is 5.93. The number of amides is 1. The minimum absolute atomic E-state index is 0.0417. The molecule has 0 bridgehead atoms. The van der Waals surface area contributed by atoms with Gasteiger partial charge < -0.3 is 14.2 Å². The minimum Gasteiger partial charge on any atom is -0.450 e. The van der Waals surface area contributed by atoms with Gasteiger partial charge in [-0.2, -0.15) is 0 Å². The molecular weight excluding hydrogens is 438 g/mol. The molecule has 0 spiro atoms. The van der Waals surface area contributed by atoms with Crippen LogP contribution in [0.15, 0.2) is 53.2 Å². The van der Waals surface area contributed by atoms with Gasteiger partial charge in [0.1, 0.15) is 5.76 Å². The average Bonchev–Trinajstić information content (AvgIpc) is 3.53. The number of hydrogen-bond acceptors (Lipinski definition) is 5. The van der Waals surface area contributed by atoms with Crippen LogP contribution in [0.25, 0.3) is 22.5 Å². The number of nitrogens with zero attached hydrogens (tertiary/aromatic N) is 3. The van der Waals surface area contributed by atoms with Gasteiger partial charge in [-0.15, -0.1) is 0 Å². The van der Waals surface area contributed by atoms with Gasteiger partial charge in [0.15, 0.2) is 11.5 Å². The molecule has 1 aromatic carbocycles. The Balaban J connectivity index is 1.27. The van der Waals surface area contributed by atoms with Crippen LogP contribution < -0.4 is 0 Å². The van der Waals surface area contributed by atoms with Crippen LogP contribution in [0.3, 0.4) is 0 Å². The summed E-state index contributed by atoms with van der Waals surface area (Å²) in [6.45, 7) is 3.92. The molecule has 0 N–H and O–H groups in total. The third-order valence-corrected chi connectivity index (χ3v) is 7.88. The van der Waals surface area contributed by atoms with E-state index in [1.165, 1.54) is 32.4 Å². The highest BCUT2D eigenvalue weighted by molar-refractivity contribution is 6.01. The van der Waals surface area contributed by atoms with Crippen LogP contribution in [0.1, 0.15) is 65.0 Å². The van der Waals surface area contributed by atoms with Crippen molar-refractivity contribution in [2.75, 3.05) is 26.2 Å². The van der Waals surface area contributed by atoms with E-state index in [0.29, 0.717) is 24.0 Å². The molecule has 35 heavy (non-hydrogen) atoms. The van der Waals surface area contributed by atoms with E-state index in [-0.39, 0.29) is 11.7 Å². The van der Waals surface area contributed by atoms with Crippen LogP contribution in [0.5, 0.6) is 0 Å². The third-order valence-electron chi connectivity index (χ3n) is 7.88. The molecule has 3 aromatic rings. The van der Waals surface area contributed by atoms with E-state index in [2.05, 4.69) is 9.88 Å². The summed E-state index contributed by atoms with van der Waals surface area (Å²) in [6.07, 6.45) is 10.8. The molecule has 4 heterocycles. The third kappa shape index (κ3) is 4.31. The predicted octanol–water partition coefficient (Wildman–Crippen LogP) is 5.23. The summed E-state index contributed by atoms with van der Waals surface area (Å²) in [4.78, 5) is 34.3. The van der Waals surface area contributed by atoms with Crippen molar-refractivity contribution in [1.82, 2.24) is 14.8 Å². The maximum Gasteiger partial charge on any atom is 0.289 e. The molecule has 0 radical (unpaired) electrons. The second kappa shape index (κ2) is 9.42. The zero-order valence-corrected chi connectivity index (χ0v) is 20.0. The Morgan fingerprint density at radius 2 is 1.63 bits per heavy atom. The lowest BCUT2D eigenvalue weighted by molar-refractivity contribution is 0.0563. The number of Topliss-reactive ketones (excluding diaryl/α,β-unsaturated/α-hetero) is 1. The lowest BCUT2D eigenvalue weighted by atomic mass is 9.99. The number of hydrogen-bond donors (Lipinski definition) is 0. The average molecular weight is 470 g/mol. The van der Waals surface area contributed by atoms with Crippen molar-refractivity contribution >= 4 is 11.7 Å². The van der Waals surface area contributed by atoms with Gasteiger partial charge in [-0.3, -0.25) is 14.6 Å². The molecule has 6 heteroatoms. The molecule has 0 saturated carbocycles. The summed E-state index contributed by atoms with van der Waals surface area (Å²) < 4.78 is 6.29. The molecule has 1 aliphatic carbocycles. The number of likely N-dealkylation sites (tertiary alicyclic amines) is 2. The van der Waals surface area contributed by atoms with Crippen molar-refractivity contribution in [3.05, 3.63) is 65.7 Å². The lowest BCUT2D eigenvalue weighted by Gasteiger charge is -2.40. The van der Waals surface area contributed by atoms with Crippen molar-refractivity contribution in [3.63, 3.8) is 0 Å². The molecule has 0 unspecified atom stereocenters. The fourth-order valence-electron chi connectivity index (χ4n) is 5.93. The SMILES string of the molecule is O=C1CCc2cc(-c3oc(C(=O)N4CCC(N5CCCCC5)CC4)cc3-c3ccncc3)ccc21. The summed E-state index contributed by atoms with van der Waals surface area (Å²) in [5.41, 5.74) is 4.59. The molecule has 180 valence electrons. The Morgan fingerprint density at radius 1 is 0.857 bits per heavy atom. The maximum absolute atomic E-state index is 13.5. The van der Waals surface area contributed by atoms with E-state index in [9.17, 15) is 9.59 Å². The molecule has 6 rings (SSSR count). The Kier molecular flexibility index (Phi) is 5.98. The van der Waals surface area contributed by atoms with Crippen molar-refractivity contribution < 1.29 is 14.0 Å². The van der Waals surface area contributed by atoms with E-state index in [4.69, 9.17) is 4.42 Å². The minimum atomic E-state index is -0.0417. The molecule has 1 amide bonds. The number of ketones is 1. The first-order valence-electron chi connectivity index (χ1n) is 12.9. The number of aromatic nitrogens is 1. The zero-order chi connectivity index (χ0) is 23.8. The smallest absolute Gasteiger partial charge is 0.289 e. The number of fused-ring (bicyclic) bond motifs is 1. The van der Waals surface area contributed by atoms with Crippen molar-refractivity contribution in [2.45, 2.75) is 51.0 Å². The van der Waals surface area contributed by atoms with Crippen molar-refractivity contribution in [3.8, 4) is 22.5 Å². The first kappa shape index (κ1) is 22.2. The van der Waals surface area contributed by atoms with Gasteiger partial charge in [0.2, 0.25) is 0 Å². The predicted molar refractivity (Wildman–Crippen MR) is 134 cm³/mol. The second-order valence-electron chi connectivity index (χ2n) is 10.0. The monoisotopic (exact) mass is 469 g/mol. The number of carbonyl (C=O) groups excluding carboxylic acids is 2. The van der Waals surface area contributed by atoms with E-state index in [1.807, 2.05) is 41.3 Å². The van der Waals surface area contributed by atoms with Gasteiger partial charge in [0.25, 0.3) is 5.91 Å². The number of furan rings is 1. The van der Waals surface area contributed by atoms with E-state index >= 15 is 0 Å². The van der Waals surface area contributed by atoms with Gasteiger partial charge in [0.05, 0.1) is 0 Å². The number of aryl methyl sites for hydroxylation is 1. The Hall–Kier alpha value is -3.25. The topological polar surface area (TPSA) is 66.7 Å². The Morgan fingerprint density at radius 3 is 2.40 bits per heavy atom. The summed E-state index contributed by atoms with van der Waals surface area (Å²) in [6, 6.07) is 12.2. The highest BCUT2D eigenvalue weighted by atomic mass is 16.4. The number of benzene rings is 1. The summed E-state index contributed by atoms with van der Waals surface area (Å²) in [5.74, 6) is 1.20. The first-order chi connectivity index (χ1) is 17.2. The fraction of sp³-hybridized carbons (Fsp3) is 0.414. The number of pyridine rings is 1.